The summed E-state index contributed by atoms with van der Waals surface area (Å²) >= 11 is 0. The van der Waals surface area contributed by atoms with Gasteiger partial charge in [0, 0.05) is 13.1 Å². The first-order valence-corrected chi connectivity index (χ1v) is 25.1. The van der Waals surface area contributed by atoms with Gasteiger partial charge in [0.15, 0.2) is 10.8 Å². The molecule has 402 valence electrons. The zero-order valence-corrected chi connectivity index (χ0v) is 39.5. The van der Waals surface area contributed by atoms with Gasteiger partial charge in [-0.05, 0) is 171 Å². The first-order valence-electron chi connectivity index (χ1n) is 25.1. The number of hydrogen-bond acceptors (Lipinski definition) is 6. The van der Waals surface area contributed by atoms with Crippen molar-refractivity contribution < 1.29 is 91.5 Å². The summed E-state index contributed by atoms with van der Waals surface area (Å²) in [6.07, 6.45) is -26.9. The Labute approximate surface area is 399 Å². The van der Waals surface area contributed by atoms with Crippen LogP contribution in [0.3, 0.4) is 0 Å². The molecule has 6 rings (SSSR count). The van der Waals surface area contributed by atoms with Crippen LogP contribution in [0.1, 0.15) is 148 Å². The summed E-state index contributed by atoms with van der Waals surface area (Å²) in [4.78, 5) is 50.8. The van der Waals surface area contributed by atoms with E-state index in [9.17, 15) is 29.4 Å². The van der Waals surface area contributed by atoms with Crippen molar-refractivity contribution >= 4 is 23.8 Å². The van der Waals surface area contributed by atoms with Gasteiger partial charge in [-0.1, -0.05) is 6.92 Å². The molecule has 70 heavy (non-hydrogen) atoms. The fourth-order valence-electron chi connectivity index (χ4n) is 14.2. The minimum absolute atomic E-state index is 0.0432. The van der Waals surface area contributed by atoms with Crippen LogP contribution in [-0.2, 0) is 28.7 Å². The number of nitrogens with one attached hydrogen (secondary N) is 2. The van der Waals surface area contributed by atoms with Crippen molar-refractivity contribution in [1.29, 1.82) is 0 Å². The van der Waals surface area contributed by atoms with Crippen molar-refractivity contribution in [3.05, 3.63) is 0 Å². The molecule has 0 radical (unpaired) electrons. The van der Waals surface area contributed by atoms with Crippen molar-refractivity contribution in [1.82, 2.24) is 10.6 Å². The van der Waals surface area contributed by atoms with E-state index in [4.69, 9.17) is 9.47 Å². The molecule has 4 N–H and O–H groups in total. The number of rotatable bonds is 13. The summed E-state index contributed by atoms with van der Waals surface area (Å²) in [6.45, 7) is 2.13. The van der Waals surface area contributed by atoms with Gasteiger partial charge in [-0.25, -0.2) is 0 Å². The van der Waals surface area contributed by atoms with Crippen molar-refractivity contribution in [3.63, 3.8) is 0 Å². The van der Waals surface area contributed by atoms with Gasteiger partial charge in [0.1, 0.15) is 0 Å². The van der Waals surface area contributed by atoms with Gasteiger partial charge in [-0.2, -0.15) is 52.7 Å². The largest absolute Gasteiger partial charge is 0.481 e. The number of hydrogen-bond donors (Lipinski definition) is 4. The molecule has 6 aliphatic carbocycles. The number of carboxylic acids is 2. The number of aliphatic carboxylic acids is 2. The maximum Gasteiger partial charge on any atom is 0.403 e. The molecular weight excluding hydrogens is 961 g/mol. The molecule has 0 spiro atoms. The highest BCUT2D eigenvalue weighted by atomic mass is 19.4. The van der Waals surface area contributed by atoms with Gasteiger partial charge in [-0.15, -0.1) is 0 Å². The third-order valence-corrected chi connectivity index (χ3v) is 17.8. The summed E-state index contributed by atoms with van der Waals surface area (Å²) in [5.74, 6) is -19.6. The number of amides is 2. The highest BCUT2D eigenvalue weighted by Crippen LogP contribution is 2.67. The number of halogens is 12. The van der Waals surface area contributed by atoms with Crippen LogP contribution in [0.25, 0.3) is 0 Å². The van der Waals surface area contributed by atoms with E-state index in [1.54, 1.807) is 0 Å². The number of carboxylic acid groups (broad SMARTS) is 2. The maximum atomic E-state index is 15.3. The molecule has 6 saturated carbocycles. The highest BCUT2D eigenvalue weighted by molar-refractivity contribution is 5.85. The van der Waals surface area contributed by atoms with Crippen LogP contribution in [-0.4, -0.2) is 96.2 Å². The average molecular weight is 1030 g/mol. The molecule has 6 aliphatic rings. The summed E-state index contributed by atoms with van der Waals surface area (Å²) in [6, 6.07) is -0.713. The Hall–Kier alpha value is -3.04. The van der Waals surface area contributed by atoms with E-state index in [-0.39, 0.29) is 89.3 Å². The SMILES string of the molecule is CNC(=O)C1CCC(C(C2CCC(C(=O)O)C(C(=O)NC3CCC(OC4CCC(C(C5CCC(OC6CCC(C)CC6)CC5)(C(F)(F)F)C(F)(F)F)CC4)CC3)C2)(C(F)(F)F)C(F)(F)F)CC1C(=O)O. The van der Waals surface area contributed by atoms with Gasteiger partial charge in [-0.3, -0.25) is 19.2 Å². The fourth-order valence-corrected chi connectivity index (χ4v) is 14.2. The number of ether oxygens (including phenoxy) is 2. The van der Waals surface area contributed by atoms with E-state index < -0.39 is 163 Å². The summed E-state index contributed by atoms with van der Waals surface area (Å²) < 4.78 is 195. The zero-order chi connectivity index (χ0) is 51.8. The van der Waals surface area contributed by atoms with Crippen molar-refractivity contribution in [3.8, 4) is 0 Å². The molecule has 6 atom stereocenters. The van der Waals surface area contributed by atoms with Gasteiger partial charge < -0.3 is 30.3 Å². The zero-order valence-electron chi connectivity index (χ0n) is 39.5. The highest BCUT2D eigenvalue weighted by Gasteiger charge is 2.78. The Kier molecular flexibility index (Phi) is 17.5. The van der Waals surface area contributed by atoms with Gasteiger partial charge in [0.25, 0.3) is 0 Å². The molecule has 0 saturated heterocycles. The molecular formula is C48H68F12N2O8. The molecule has 22 heteroatoms. The summed E-state index contributed by atoms with van der Waals surface area (Å²) in [7, 11) is 1.15. The second kappa shape index (κ2) is 21.8. The summed E-state index contributed by atoms with van der Waals surface area (Å²) in [5.41, 5.74) is -8.44. The van der Waals surface area contributed by atoms with Crippen LogP contribution in [0.4, 0.5) is 52.7 Å². The van der Waals surface area contributed by atoms with E-state index in [1.165, 1.54) is 0 Å². The molecule has 6 unspecified atom stereocenters. The van der Waals surface area contributed by atoms with E-state index in [0.717, 1.165) is 32.7 Å². The van der Waals surface area contributed by atoms with Crippen LogP contribution < -0.4 is 10.6 Å². The maximum absolute atomic E-state index is 15.3. The standard InChI is InChI=1S/C48H68F12N2O8/c1-25-3-13-31(14-4-25)69-32-15-5-26(6-16-32)43(45(49,50)51,46(52,53)54)27-7-17-33(18-8-27)70-34-19-11-30(12-20-34)62-40(64)37-23-28(10-22-36(37)41(65)66)44(47(55,56)57,48(58,59)60)29-9-21-35(39(63)61-2)38(24-29)42(67)68/h25-38H,3-24H2,1-2H3,(H,61,63)(H,62,64)(H,65,66)(H,67,68). The van der Waals surface area contributed by atoms with Gasteiger partial charge in [0.2, 0.25) is 11.8 Å². The third-order valence-electron chi connectivity index (χ3n) is 17.8. The lowest BCUT2D eigenvalue weighted by Crippen LogP contribution is -2.62. The molecule has 0 bridgehead atoms. The van der Waals surface area contributed by atoms with Crippen LogP contribution in [0, 0.1) is 64.1 Å². The molecule has 0 aliphatic heterocycles. The minimum Gasteiger partial charge on any atom is -0.481 e. The molecule has 0 aromatic carbocycles. The Morgan fingerprint density at radius 3 is 1.11 bits per heavy atom. The fraction of sp³-hybridized carbons (Fsp3) is 0.917. The first kappa shape index (κ1) is 56.3. The van der Waals surface area contributed by atoms with Crippen molar-refractivity contribution in [2.45, 2.75) is 203 Å². The Balaban J connectivity index is 1.07. The number of alkyl halides is 12. The number of carbonyl (C=O) groups is 4. The monoisotopic (exact) mass is 1030 g/mol. The van der Waals surface area contributed by atoms with Crippen LogP contribution in [0.2, 0.25) is 0 Å². The van der Waals surface area contributed by atoms with Crippen LogP contribution in [0.5, 0.6) is 0 Å². The second-order valence-electron chi connectivity index (χ2n) is 21.5. The topological polar surface area (TPSA) is 151 Å². The van der Waals surface area contributed by atoms with Gasteiger partial charge >= 0.3 is 36.6 Å². The molecule has 2 amide bonds. The lowest BCUT2D eigenvalue weighted by molar-refractivity contribution is -0.384. The van der Waals surface area contributed by atoms with Crippen molar-refractivity contribution in [2.75, 3.05) is 7.05 Å². The lowest BCUT2D eigenvalue weighted by Gasteiger charge is -2.52. The predicted molar refractivity (Wildman–Crippen MR) is 226 cm³/mol. The predicted octanol–water partition coefficient (Wildman–Crippen LogP) is 11.3. The molecule has 6 fully saturated rings. The first-order chi connectivity index (χ1) is 32.6. The Bertz CT molecular complexity index is 1770. The quantitative estimate of drug-likeness (QED) is 0.133. The molecule has 0 heterocycles. The molecule has 10 nitrogen and oxygen atoms in total. The van der Waals surface area contributed by atoms with E-state index in [0.29, 0.717) is 5.92 Å². The van der Waals surface area contributed by atoms with E-state index >= 15 is 52.7 Å². The lowest BCUT2D eigenvalue weighted by atomic mass is 9.53. The normalized spacial score (nSPS) is 35.6. The van der Waals surface area contributed by atoms with E-state index in [1.807, 2.05) is 0 Å². The van der Waals surface area contributed by atoms with Crippen molar-refractivity contribution in [2.24, 2.45) is 64.1 Å². The van der Waals surface area contributed by atoms with Crippen LogP contribution >= 0.6 is 0 Å². The van der Waals surface area contributed by atoms with Crippen LogP contribution in [0.15, 0.2) is 0 Å². The molecule has 0 aromatic heterocycles. The summed E-state index contributed by atoms with van der Waals surface area (Å²) in [5, 5.41) is 24.7. The number of carbonyl (C=O) groups excluding carboxylic acids is 2. The van der Waals surface area contributed by atoms with E-state index in [2.05, 4.69) is 17.6 Å². The minimum atomic E-state index is -6.03. The average Bonchev–Trinajstić information content (AvgIpc) is 3.27. The second-order valence-corrected chi connectivity index (χ2v) is 21.5. The third kappa shape index (κ3) is 11.4. The molecule has 0 aromatic rings. The van der Waals surface area contributed by atoms with Gasteiger partial charge in [0.05, 0.1) is 48.1 Å². The smallest absolute Gasteiger partial charge is 0.403 e. The Morgan fingerprint density at radius 2 is 0.743 bits per heavy atom. The Morgan fingerprint density at radius 1 is 0.414 bits per heavy atom.